The summed E-state index contributed by atoms with van der Waals surface area (Å²) in [5, 5.41) is 15.7. The van der Waals surface area contributed by atoms with Crippen LogP contribution in [0.5, 0.6) is 5.75 Å². The number of aliphatic carboxylic acids is 1. The topological polar surface area (TPSA) is 167 Å². The van der Waals surface area contributed by atoms with Crippen LogP contribution in [0.3, 0.4) is 0 Å². The van der Waals surface area contributed by atoms with Crippen LogP contribution >= 0.6 is 0 Å². The van der Waals surface area contributed by atoms with Crippen LogP contribution in [0, 0.1) is 5.92 Å². The van der Waals surface area contributed by atoms with Crippen LogP contribution in [0.15, 0.2) is 30.4 Å². The van der Waals surface area contributed by atoms with Gasteiger partial charge in [0, 0.05) is 25.4 Å². The molecule has 1 aromatic carbocycles. The third-order valence-corrected chi connectivity index (χ3v) is 11.4. The molecule has 1 saturated carbocycles. The Hall–Kier alpha value is -4.33. The van der Waals surface area contributed by atoms with Gasteiger partial charge >= 0.3 is 18.2 Å². The number of carboxylic acid groups (broad SMARTS) is 1. The fourth-order valence-electron chi connectivity index (χ4n) is 8.42. The van der Waals surface area contributed by atoms with Gasteiger partial charge in [0.1, 0.15) is 35.1 Å². The third-order valence-electron chi connectivity index (χ3n) is 11.4. The van der Waals surface area contributed by atoms with E-state index in [9.17, 15) is 29.1 Å². The molecule has 2 saturated heterocycles. The molecule has 54 heavy (non-hydrogen) atoms. The average Bonchev–Trinajstić information content (AvgIpc) is 3.67. The van der Waals surface area contributed by atoms with Crippen molar-refractivity contribution in [3.8, 4) is 5.75 Å². The number of carboxylic acids is 1. The Morgan fingerprint density at radius 2 is 1.80 bits per heavy atom. The summed E-state index contributed by atoms with van der Waals surface area (Å²) < 4.78 is 17.2. The number of ether oxygens (including phenoxy) is 3. The van der Waals surface area contributed by atoms with Crippen molar-refractivity contribution < 1.29 is 43.3 Å². The van der Waals surface area contributed by atoms with Crippen LogP contribution in [0.4, 0.5) is 9.59 Å². The van der Waals surface area contributed by atoms with E-state index in [0.717, 1.165) is 62.1 Å². The molecule has 1 unspecified atom stereocenters. The molecular formula is C40H57N5O9. The maximum Gasteiger partial charge on any atom is 0.410 e. The van der Waals surface area contributed by atoms with Crippen molar-refractivity contribution in [1.82, 2.24) is 25.3 Å². The highest BCUT2D eigenvalue weighted by atomic mass is 16.6. The van der Waals surface area contributed by atoms with Crippen LogP contribution in [-0.4, -0.2) is 119 Å². The third kappa shape index (κ3) is 9.13. The highest BCUT2D eigenvalue weighted by Crippen LogP contribution is 2.45. The molecule has 0 radical (unpaired) electrons. The van der Waals surface area contributed by atoms with Crippen molar-refractivity contribution >= 4 is 30.0 Å². The van der Waals surface area contributed by atoms with Gasteiger partial charge in [-0.15, -0.1) is 0 Å². The van der Waals surface area contributed by atoms with Gasteiger partial charge in [0.05, 0.1) is 19.7 Å². The number of nitrogens with zero attached hydrogens (tertiary/aromatic N) is 3. The lowest BCUT2D eigenvalue weighted by molar-refractivity contribution is -0.145. The number of rotatable bonds is 6. The molecule has 1 aromatic rings. The van der Waals surface area contributed by atoms with Gasteiger partial charge in [-0.25, -0.2) is 14.4 Å². The predicted molar refractivity (Wildman–Crippen MR) is 199 cm³/mol. The fraction of sp³-hybridized carbons (Fsp3) is 0.675. The van der Waals surface area contributed by atoms with Gasteiger partial charge in [0.2, 0.25) is 11.8 Å². The maximum atomic E-state index is 14.4. The van der Waals surface area contributed by atoms with Crippen molar-refractivity contribution in [3.05, 3.63) is 41.5 Å². The predicted octanol–water partition coefficient (Wildman–Crippen LogP) is 4.56. The van der Waals surface area contributed by atoms with Crippen LogP contribution in [-0.2, 0) is 30.3 Å². The smallest absolute Gasteiger partial charge is 0.410 e. The average molecular weight is 752 g/mol. The lowest BCUT2D eigenvalue weighted by Crippen LogP contribution is -2.56. The normalized spacial score (nSPS) is 30.0. The molecule has 296 valence electrons. The van der Waals surface area contributed by atoms with E-state index >= 15 is 0 Å². The number of allylic oxidation sites excluding steroid dienone is 1. The highest BCUT2D eigenvalue weighted by molar-refractivity contribution is 5.96. The first-order valence-electron chi connectivity index (χ1n) is 19.7. The molecule has 0 spiro atoms. The number of carbonyl (C=O) groups is 5. The molecule has 3 fully saturated rings. The molecule has 0 bridgehead atoms. The Labute approximate surface area is 317 Å². The summed E-state index contributed by atoms with van der Waals surface area (Å²) >= 11 is 0. The number of likely N-dealkylation sites (tertiary alicyclic amines) is 1. The van der Waals surface area contributed by atoms with Crippen LogP contribution < -0.4 is 15.4 Å². The zero-order valence-electron chi connectivity index (χ0n) is 32.1. The van der Waals surface area contributed by atoms with Crippen LogP contribution in [0.25, 0.3) is 0 Å². The molecule has 14 heteroatoms. The number of methoxy groups -OCH3 is 1. The second-order valence-electron chi connectivity index (χ2n) is 16.5. The second-order valence-corrected chi connectivity index (χ2v) is 16.5. The molecule has 4 heterocycles. The van der Waals surface area contributed by atoms with Gasteiger partial charge in [-0.2, -0.15) is 0 Å². The zero-order chi connectivity index (χ0) is 38.6. The van der Waals surface area contributed by atoms with Crippen LogP contribution in [0.1, 0.15) is 102 Å². The maximum absolute atomic E-state index is 14.4. The first-order valence-corrected chi connectivity index (χ1v) is 19.7. The Kier molecular flexibility index (Phi) is 12.1. The van der Waals surface area contributed by atoms with E-state index in [-0.39, 0.29) is 31.3 Å². The van der Waals surface area contributed by atoms with Gasteiger partial charge in [-0.3, -0.25) is 14.5 Å². The number of hydrogen-bond donors (Lipinski definition) is 3. The number of nitrogens with one attached hydrogen (secondary N) is 2. The van der Waals surface area contributed by atoms with E-state index in [2.05, 4.69) is 15.5 Å². The minimum atomic E-state index is -1.48. The van der Waals surface area contributed by atoms with E-state index < -0.39 is 59.3 Å². The van der Waals surface area contributed by atoms with Crippen molar-refractivity contribution in [2.24, 2.45) is 5.92 Å². The van der Waals surface area contributed by atoms with E-state index in [4.69, 9.17) is 14.2 Å². The monoisotopic (exact) mass is 751 g/mol. The minimum Gasteiger partial charge on any atom is -0.497 e. The molecule has 4 amide bonds. The highest BCUT2D eigenvalue weighted by Gasteiger charge is 2.61. The van der Waals surface area contributed by atoms with Gasteiger partial charge in [0.15, 0.2) is 0 Å². The SMILES string of the molecule is COc1ccc2c(c1)CCN(C(=O)O[C@@H]1C[C@H]3C(=O)N[C@]4(C(=O)O)C[C@@H]4/C=C\CCCCC[C@H](NC(=O)OC(C)(C)C)C(=O)N3C1)C2CN1CCCCC1. The summed E-state index contributed by atoms with van der Waals surface area (Å²) in [5.41, 5.74) is -0.107. The number of carbonyl (C=O) groups excluding carboxylic acids is 4. The molecule has 14 nitrogen and oxygen atoms in total. The number of benzene rings is 1. The minimum absolute atomic E-state index is 0.0168. The second kappa shape index (κ2) is 16.6. The molecule has 6 atom stereocenters. The quantitative estimate of drug-likeness (QED) is 0.351. The first kappa shape index (κ1) is 39.4. The van der Waals surface area contributed by atoms with Gasteiger partial charge < -0.3 is 39.8 Å². The largest absolute Gasteiger partial charge is 0.497 e. The fourth-order valence-corrected chi connectivity index (χ4v) is 8.42. The summed E-state index contributed by atoms with van der Waals surface area (Å²) in [5.74, 6) is -1.89. The van der Waals surface area contributed by atoms with E-state index in [1.54, 1.807) is 32.8 Å². The first-order chi connectivity index (χ1) is 25.8. The van der Waals surface area contributed by atoms with E-state index in [1.165, 1.54) is 11.3 Å². The van der Waals surface area contributed by atoms with Crippen molar-refractivity contribution in [2.75, 3.05) is 39.8 Å². The summed E-state index contributed by atoms with van der Waals surface area (Å²) in [6.45, 7) is 8.09. The molecule has 5 aliphatic rings. The number of hydrogen-bond acceptors (Lipinski definition) is 9. The molecule has 0 aromatic heterocycles. The van der Waals surface area contributed by atoms with Crippen molar-refractivity contribution in [3.63, 3.8) is 0 Å². The molecule has 4 aliphatic heterocycles. The van der Waals surface area contributed by atoms with Crippen LogP contribution in [0.2, 0.25) is 0 Å². The number of alkyl carbamates (subject to hydrolysis) is 1. The summed E-state index contributed by atoms with van der Waals surface area (Å²) in [6, 6.07) is 3.57. The van der Waals surface area contributed by atoms with Gasteiger partial charge in [-0.1, -0.05) is 37.5 Å². The molecule has 1 aliphatic carbocycles. The van der Waals surface area contributed by atoms with Gasteiger partial charge in [0.25, 0.3) is 0 Å². The lowest BCUT2D eigenvalue weighted by atomic mass is 9.91. The zero-order valence-corrected chi connectivity index (χ0v) is 32.1. The van der Waals surface area contributed by atoms with Crippen molar-refractivity contribution in [2.45, 2.75) is 127 Å². The molecular weight excluding hydrogens is 694 g/mol. The molecule has 3 N–H and O–H groups in total. The number of piperidine rings is 1. The Morgan fingerprint density at radius 1 is 1.04 bits per heavy atom. The number of amides is 4. The molecule has 6 rings (SSSR count). The lowest BCUT2D eigenvalue weighted by Gasteiger charge is -2.40. The Balaban J connectivity index is 1.25. The van der Waals surface area contributed by atoms with Crippen molar-refractivity contribution in [1.29, 1.82) is 0 Å². The summed E-state index contributed by atoms with van der Waals surface area (Å²) in [6.07, 6.45) is 9.19. The van der Waals surface area contributed by atoms with E-state index in [0.29, 0.717) is 32.4 Å². The summed E-state index contributed by atoms with van der Waals surface area (Å²) in [4.78, 5) is 73.6. The Bertz CT molecular complexity index is 1600. The number of fused-ring (bicyclic) bond motifs is 3. The van der Waals surface area contributed by atoms with E-state index in [1.807, 2.05) is 30.4 Å². The standard InChI is InChI=1S/C40H57N5O9/c1-39(2,3)54-37(50)41-31-14-10-7-5-6-9-13-27-23-40(27,36(48)49)42-34(46)32-22-29(24-45(32)35(31)47)53-38(51)44-20-17-26-21-28(52-4)15-16-30(26)33(44)25-43-18-11-8-12-19-43/h9,13,15-16,21,27,29,31-33H,5-8,10-12,14,17-20,22-25H2,1-4H3,(H,41,50)(H,42,46)(H,48,49)/b13-9-/t27-,29+,31-,32-,33?,40+/m0/s1. The Morgan fingerprint density at radius 3 is 2.52 bits per heavy atom. The summed E-state index contributed by atoms with van der Waals surface area (Å²) in [7, 11) is 1.64. The van der Waals surface area contributed by atoms with Gasteiger partial charge in [-0.05, 0) is 102 Å².